The average molecular weight is 340 g/mol. The van der Waals surface area contributed by atoms with Crippen LogP contribution < -0.4 is 16.0 Å². The molecule has 0 saturated carbocycles. The molecular formula is C15H15ClFN3O3. The first-order valence-electron chi connectivity index (χ1n) is 6.79. The van der Waals surface area contributed by atoms with Gasteiger partial charge in [0.1, 0.15) is 11.6 Å². The summed E-state index contributed by atoms with van der Waals surface area (Å²) in [6.07, 6.45) is 1.50. The summed E-state index contributed by atoms with van der Waals surface area (Å²) in [5.74, 6) is -0.284. The summed E-state index contributed by atoms with van der Waals surface area (Å²) in [6, 6.07) is 7.13. The van der Waals surface area contributed by atoms with Crippen molar-refractivity contribution in [3.05, 3.63) is 58.8 Å². The number of carbonyl (C=O) groups is 2. The molecule has 0 spiro atoms. The highest BCUT2D eigenvalue weighted by atomic mass is 35.5. The molecule has 122 valence electrons. The van der Waals surface area contributed by atoms with Crippen LogP contribution in [0.3, 0.4) is 0 Å². The molecule has 2 aromatic rings. The minimum absolute atomic E-state index is 0.00724. The second kappa shape index (κ2) is 8.19. The standard InChI is InChI=1S/C15H15ClFN3O3/c16-12-6-10(3-4-13(12)17)7-18-14(21)9-20-15(22)19-8-11-2-1-5-23-11/h1-6H,7-9H2,(H,18,21)(H2,19,20,22). The average Bonchev–Trinajstić information content (AvgIpc) is 3.05. The summed E-state index contributed by atoms with van der Waals surface area (Å²) < 4.78 is 18.1. The Hall–Kier alpha value is -2.54. The van der Waals surface area contributed by atoms with Crippen molar-refractivity contribution in [3.63, 3.8) is 0 Å². The van der Waals surface area contributed by atoms with Gasteiger partial charge in [0.25, 0.3) is 0 Å². The van der Waals surface area contributed by atoms with Gasteiger partial charge in [-0.3, -0.25) is 4.79 Å². The number of carbonyl (C=O) groups excluding carboxylic acids is 2. The van der Waals surface area contributed by atoms with E-state index in [0.29, 0.717) is 11.3 Å². The van der Waals surface area contributed by atoms with E-state index in [-0.39, 0.29) is 30.6 Å². The second-order valence-corrected chi connectivity index (χ2v) is 5.05. The molecule has 1 aromatic heterocycles. The molecule has 3 N–H and O–H groups in total. The molecule has 8 heteroatoms. The smallest absolute Gasteiger partial charge is 0.315 e. The topological polar surface area (TPSA) is 83.4 Å². The summed E-state index contributed by atoms with van der Waals surface area (Å²) in [4.78, 5) is 23.1. The maximum Gasteiger partial charge on any atom is 0.315 e. The van der Waals surface area contributed by atoms with Crippen molar-refractivity contribution in [1.82, 2.24) is 16.0 Å². The first-order chi connectivity index (χ1) is 11.0. The van der Waals surface area contributed by atoms with Gasteiger partial charge in [-0.25, -0.2) is 9.18 Å². The van der Waals surface area contributed by atoms with Crippen LogP contribution in [0.15, 0.2) is 41.0 Å². The lowest BCUT2D eigenvalue weighted by atomic mass is 10.2. The SMILES string of the molecule is O=C(CNC(=O)NCc1ccco1)NCc1ccc(F)c(Cl)c1. The largest absolute Gasteiger partial charge is 0.467 e. The number of rotatable bonds is 6. The minimum atomic E-state index is -0.517. The van der Waals surface area contributed by atoms with Crippen molar-refractivity contribution in [2.24, 2.45) is 0 Å². The first kappa shape index (κ1) is 16.8. The highest BCUT2D eigenvalue weighted by molar-refractivity contribution is 6.30. The molecule has 6 nitrogen and oxygen atoms in total. The van der Waals surface area contributed by atoms with Gasteiger partial charge in [0, 0.05) is 6.54 Å². The number of benzene rings is 1. The highest BCUT2D eigenvalue weighted by Crippen LogP contribution is 2.15. The number of hydrogen-bond donors (Lipinski definition) is 3. The maximum absolute atomic E-state index is 13.0. The number of amides is 3. The van der Waals surface area contributed by atoms with Gasteiger partial charge in [-0.2, -0.15) is 0 Å². The molecular weight excluding hydrogens is 325 g/mol. The Labute approximate surface area is 137 Å². The van der Waals surface area contributed by atoms with Crippen LogP contribution in [0.1, 0.15) is 11.3 Å². The molecule has 0 fully saturated rings. The number of furan rings is 1. The molecule has 3 amide bonds. The van der Waals surface area contributed by atoms with Crippen LogP contribution in [0.5, 0.6) is 0 Å². The summed E-state index contributed by atoms with van der Waals surface area (Å²) >= 11 is 5.65. The van der Waals surface area contributed by atoms with E-state index >= 15 is 0 Å². The monoisotopic (exact) mass is 339 g/mol. The Morgan fingerprint density at radius 2 is 1.96 bits per heavy atom. The molecule has 0 radical (unpaired) electrons. The van der Waals surface area contributed by atoms with Gasteiger partial charge in [0.05, 0.1) is 24.4 Å². The van der Waals surface area contributed by atoms with Crippen molar-refractivity contribution in [1.29, 1.82) is 0 Å². The van der Waals surface area contributed by atoms with Gasteiger partial charge >= 0.3 is 6.03 Å². The molecule has 0 aliphatic rings. The summed E-state index contributed by atoms with van der Waals surface area (Å²) in [5.41, 5.74) is 0.659. The fourth-order valence-electron chi connectivity index (χ4n) is 1.72. The number of nitrogens with one attached hydrogen (secondary N) is 3. The second-order valence-electron chi connectivity index (χ2n) is 4.64. The van der Waals surface area contributed by atoms with E-state index in [2.05, 4.69) is 16.0 Å². The molecule has 0 atom stereocenters. The molecule has 0 saturated heterocycles. The zero-order valence-corrected chi connectivity index (χ0v) is 12.8. The molecule has 1 heterocycles. The fourth-order valence-corrected chi connectivity index (χ4v) is 1.92. The molecule has 23 heavy (non-hydrogen) atoms. The van der Waals surface area contributed by atoms with Gasteiger partial charge < -0.3 is 20.4 Å². The van der Waals surface area contributed by atoms with Gasteiger partial charge in [-0.15, -0.1) is 0 Å². The van der Waals surface area contributed by atoms with E-state index in [4.69, 9.17) is 16.0 Å². The van der Waals surface area contributed by atoms with Gasteiger partial charge in [0.15, 0.2) is 0 Å². The summed E-state index contributed by atoms with van der Waals surface area (Å²) in [6.45, 7) is 0.238. The van der Waals surface area contributed by atoms with Crippen molar-refractivity contribution >= 4 is 23.5 Å². The fraction of sp³-hybridized carbons (Fsp3) is 0.200. The Morgan fingerprint density at radius 1 is 1.13 bits per heavy atom. The van der Waals surface area contributed by atoms with E-state index in [9.17, 15) is 14.0 Å². The van der Waals surface area contributed by atoms with E-state index in [1.165, 1.54) is 24.5 Å². The van der Waals surface area contributed by atoms with E-state index in [1.54, 1.807) is 12.1 Å². The van der Waals surface area contributed by atoms with Crippen molar-refractivity contribution in [3.8, 4) is 0 Å². The third-order valence-electron chi connectivity index (χ3n) is 2.89. The zero-order valence-electron chi connectivity index (χ0n) is 12.1. The molecule has 0 aliphatic heterocycles. The Morgan fingerprint density at radius 3 is 2.65 bits per heavy atom. The molecule has 1 aromatic carbocycles. The predicted octanol–water partition coefficient (Wildman–Crippen LogP) is 2.19. The third kappa shape index (κ3) is 5.63. The van der Waals surface area contributed by atoms with E-state index < -0.39 is 11.8 Å². The van der Waals surface area contributed by atoms with Gasteiger partial charge in [-0.1, -0.05) is 17.7 Å². The van der Waals surface area contributed by atoms with Crippen LogP contribution >= 0.6 is 11.6 Å². The molecule has 0 unspecified atom stereocenters. The van der Waals surface area contributed by atoms with E-state index in [0.717, 1.165) is 0 Å². The summed E-state index contributed by atoms with van der Waals surface area (Å²) in [5, 5.41) is 7.54. The third-order valence-corrected chi connectivity index (χ3v) is 3.18. The van der Waals surface area contributed by atoms with Crippen LogP contribution in [0, 0.1) is 5.82 Å². The van der Waals surface area contributed by atoms with Crippen LogP contribution in [-0.2, 0) is 17.9 Å². The predicted molar refractivity (Wildman–Crippen MR) is 82.2 cm³/mol. The number of halogens is 2. The first-order valence-corrected chi connectivity index (χ1v) is 7.17. The van der Waals surface area contributed by atoms with Crippen molar-refractivity contribution < 1.29 is 18.4 Å². The van der Waals surface area contributed by atoms with Gasteiger partial charge in [0.2, 0.25) is 5.91 Å². The van der Waals surface area contributed by atoms with Crippen LogP contribution in [0.4, 0.5) is 9.18 Å². The Bertz CT molecular complexity index is 677. The summed E-state index contributed by atoms with van der Waals surface area (Å²) in [7, 11) is 0. The highest BCUT2D eigenvalue weighted by Gasteiger charge is 2.07. The molecule has 0 bridgehead atoms. The number of urea groups is 1. The lowest BCUT2D eigenvalue weighted by molar-refractivity contribution is -0.120. The lowest BCUT2D eigenvalue weighted by Gasteiger charge is -2.08. The minimum Gasteiger partial charge on any atom is -0.467 e. The molecule has 0 aliphatic carbocycles. The molecule has 2 rings (SSSR count). The lowest BCUT2D eigenvalue weighted by Crippen LogP contribution is -2.41. The normalized spacial score (nSPS) is 10.2. The maximum atomic E-state index is 13.0. The van der Waals surface area contributed by atoms with Crippen molar-refractivity contribution in [2.75, 3.05) is 6.54 Å². The van der Waals surface area contributed by atoms with Crippen LogP contribution in [0.25, 0.3) is 0 Å². The quantitative estimate of drug-likeness (QED) is 0.754. The van der Waals surface area contributed by atoms with Gasteiger partial charge in [-0.05, 0) is 29.8 Å². The van der Waals surface area contributed by atoms with Crippen LogP contribution in [0.2, 0.25) is 5.02 Å². The number of hydrogen-bond acceptors (Lipinski definition) is 3. The van der Waals surface area contributed by atoms with E-state index in [1.807, 2.05) is 0 Å². The Balaban J connectivity index is 1.66. The Kier molecular flexibility index (Phi) is 5.99. The van der Waals surface area contributed by atoms with Crippen molar-refractivity contribution in [2.45, 2.75) is 13.1 Å². The zero-order chi connectivity index (χ0) is 16.7. The van der Waals surface area contributed by atoms with Crippen LogP contribution in [-0.4, -0.2) is 18.5 Å².